The molecule has 0 aliphatic heterocycles. The van der Waals surface area contributed by atoms with Crippen molar-refractivity contribution in [1.82, 2.24) is 15.5 Å². The summed E-state index contributed by atoms with van der Waals surface area (Å²) in [5.74, 6) is 1.23. The third-order valence-electron chi connectivity index (χ3n) is 3.24. The van der Waals surface area contributed by atoms with Gasteiger partial charge in [0.05, 0.1) is 6.54 Å². The Morgan fingerprint density at radius 1 is 1.14 bits per heavy atom. The van der Waals surface area contributed by atoms with Gasteiger partial charge in [-0.1, -0.05) is 36.4 Å². The largest absolute Gasteiger partial charge is 0.424 e. The van der Waals surface area contributed by atoms with Gasteiger partial charge in [0.1, 0.15) is 0 Å². The minimum absolute atomic E-state index is 0.250. The van der Waals surface area contributed by atoms with Crippen molar-refractivity contribution in [1.29, 1.82) is 0 Å². The van der Waals surface area contributed by atoms with Crippen LogP contribution in [0.1, 0.15) is 28.3 Å². The van der Waals surface area contributed by atoms with Crippen molar-refractivity contribution in [2.24, 2.45) is 0 Å². The van der Waals surface area contributed by atoms with Gasteiger partial charge in [0.25, 0.3) is 0 Å². The standard InChI is InChI=1S/C16H17N3OS/c1-12-18-19-16(20-12)11-17-14(15-8-5-9-21-15)10-13-6-3-2-4-7-13/h2-9,14,17H,10-11H2,1H3/t14-/m0/s1. The van der Waals surface area contributed by atoms with Gasteiger partial charge in [0.15, 0.2) is 0 Å². The summed E-state index contributed by atoms with van der Waals surface area (Å²) in [4.78, 5) is 1.31. The van der Waals surface area contributed by atoms with Crippen LogP contribution in [-0.4, -0.2) is 10.2 Å². The van der Waals surface area contributed by atoms with Crippen LogP contribution in [0.15, 0.2) is 52.3 Å². The minimum atomic E-state index is 0.250. The van der Waals surface area contributed by atoms with E-state index in [-0.39, 0.29) is 6.04 Å². The summed E-state index contributed by atoms with van der Waals surface area (Å²) < 4.78 is 5.42. The number of thiophene rings is 1. The van der Waals surface area contributed by atoms with Crippen molar-refractivity contribution in [2.75, 3.05) is 0 Å². The fourth-order valence-corrected chi connectivity index (χ4v) is 3.03. The predicted octanol–water partition coefficient (Wildman–Crippen LogP) is 3.51. The van der Waals surface area contributed by atoms with E-state index in [0.29, 0.717) is 18.3 Å². The first-order valence-electron chi connectivity index (χ1n) is 6.91. The highest BCUT2D eigenvalue weighted by atomic mass is 32.1. The maximum atomic E-state index is 5.42. The van der Waals surface area contributed by atoms with Gasteiger partial charge in [0.2, 0.25) is 11.8 Å². The van der Waals surface area contributed by atoms with Gasteiger partial charge in [0, 0.05) is 17.8 Å². The van der Waals surface area contributed by atoms with Gasteiger partial charge in [-0.15, -0.1) is 21.5 Å². The first-order chi connectivity index (χ1) is 10.3. The monoisotopic (exact) mass is 299 g/mol. The second-order valence-corrected chi connectivity index (χ2v) is 5.83. The van der Waals surface area contributed by atoms with Gasteiger partial charge in [-0.2, -0.15) is 0 Å². The van der Waals surface area contributed by atoms with Crippen molar-refractivity contribution < 1.29 is 4.42 Å². The molecule has 0 unspecified atom stereocenters. The molecule has 4 nitrogen and oxygen atoms in total. The maximum Gasteiger partial charge on any atom is 0.230 e. The number of aromatic nitrogens is 2. The van der Waals surface area contributed by atoms with Crippen LogP contribution in [0.2, 0.25) is 0 Å². The Bertz CT molecular complexity index is 664. The summed E-state index contributed by atoms with van der Waals surface area (Å²) in [6.45, 7) is 2.38. The predicted molar refractivity (Wildman–Crippen MR) is 83.1 cm³/mol. The number of hydrogen-bond donors (Lipinski definition) is 1. The molecule has 0 fully saturated rings. The molecule has 1 aromatic carbocycles. The van der Waals surface area contributed by atoms with E-state index in [4.69, 9.17) is 4.42 Å². The molecule has 0 spiro atoms. The molecular formula is C16H17N3OS. The van der Waals surface area contributed by atoms with E-state index >= 15 is 0 Å². The molecule has 1 atom stereocenters. The molecule has 0 bridgehead atoms. The van der Waals surface area contributed by atoms with Crippen LogP contribution in [0.25, 0.3) is 0 Å². The number of hydrogen-bond acceptors (Lipinski definition) is 5. The Morgan fingerprint density at radius 2 is 2.00 bits per heavy atom. The number of benzene rings is 1. The molecule has 0 aliphatic carbocycles. The van der Waals surface area contributed by atoms with E-state index in [1.165, 1.54) is 10.4 Å². The SMILES string of the molecule is Cc1nnc(CN[C@@H](Cc2ccccc2)c2cccs2)o1. The average molecular weight is 299 g/mol. The van der Waals surface area contributed by atoms with Crippen molar-refractivity contribution in [3.8, 4) is 0 Å². The van der Waals surface area contributed by atoms with E-state index < -0.39 is 0 Å². The molecule has 0 radical (unpaired) electrons. The zero-order valence-corrected chi connectivity index (χ0v) is 12.6. The molecular weight excluding hydrogens is 282 g/mol. The third kappa shape index (κ3) is 3.77. The van der Waals surface area contributed by atoms with Crippen molar-refractivity contribution >= 4 is 11.3 Å². The summed E-state index contributed by atoms with van der Waals surface area (Å²) >= 11 is 1.76. The first-order valence-corrected chi connectivity index (χ1v) is 7.79. The fourth-order valence-electron chi connectivity index (χ4n) is 2.23. The molecule has 0 saturated carbocycles. The Labute approximate surface area is 127 Å². The highest BCUT2D eigenvalue weighted by molar-refractivity contribution is 7.10. The van der Waals surface area contributed by atoms with Crippen LogP contribution in [0.3, 0.4) is 0 Å². The van der Waals surface area contributed by atoms with E-state index in [9.17, 15) is 0 Å². The van der Waals surface area contributed by atoms with Crippen LogP contribution in [-0.2, 0) is 13.0 Å². The highest BCUT2D eigenvalue weighted by Crippen LogP contribution is 2.23. The van der Waals surface area contributed by atoms with Gasteiger partial charge >= 0.3 is 0 Å². The summed E-state index contributed by atoms with van der Waals surface area (Å²) in [5, 5.41) is 13.5. The molecule has 0 amide bonds. The second kappa shape index (κ2) is 6.65. The molecule has 2 heterocycles. The second-order valence-electron chi connectivity index (χ2n) is 4.85. The summed E-state index contributed by atoms with van der Waals surface area (Å²) in [6, 6.07) is 15.0. The molecule has 0 aliphatic rings. The number of nitrogens with one attached hydrogen (secondary N) is 1. The number of rotatable bonds is 6. The van der Waals surface area contributed by atoms with E-state index in [0.717, 1.165) is 6.42 Å². The van der Waals surface area contributed by atoms with E-state index in [1.54, 1.807) is 18.3 Å². The summed E-state index contributed by atoms with van der Waals surface area (Å²) in [5.41, 5.74) is 1.31. The van der Waals surface area contributed by atoms with Crippen LogP contribution < -0.4 is 5.32 Å². The molecule has 5 heteroatoms. The van der Waals surface area contributed by atoms with Crippen molar-refractivity contribution in [3.05, 3.63) is 70.1 Å². The van der Waals surface area contributed by atoms with Crippen LogP contribution in [0, 0.1) is 6.92 Å². The lowest BCUT2D eigenvalue weighted by atomic mass is 10.0. The van der Waals surface area contributed by atoms with E-state index in [1.807, 2.05) is 6.07 Å². The van der Waals surface area contributed by atoms with Gasteiger partial charge < -0.3 is 9.73 Å². The fraction of sp³-hybridized carbons (Fsp3) is 0.250. The molecule has 0 saturated heterocycles. The first kappa shape index (κ1) is 14.0. The summed E-state index contributed by atoms with van der Waals surface area (Å²) in [6.07, 6.45) is 0.939. The third-order valence-corrected chi connectivity index (χ3v) is 4.22. The zero-order chi connectivity index (χ0) is 14.5. The molecule has 3 rings (SSSR count). The van der Waals surface area contributed by atoms with Crippen LogP contribution in [0.5, 0.6) is 0 Å². The topological polar surface area (TPSA) is 51.0 Å². The van der Waals surface area contributed by atoms with Crippen LogP contribution >= 0.6 is 11.3 Å². The van der Waals surface area contributed by atoms with Crippen molar-refractivity contribution in [2.45, 2.75) is 25.9 Å². The normalized spacial score (nSPS) is 12.4. The maximum absolute atomic E-state index is 5.42. The molecule has 1 N–H and O–H groups in total. The van der Waals surface area contributed by atoms with Gasteiger partial charge in [-0.25, -0.2) is 0 Å². The van der Waals surface area contributed by atoms with Crippen molar-refractivity contribution in [3.63, 3.8) is 0 Å². The molecule has 108 valence electrons. The van der Waals surface area contributed by atoms with Gasteiger partial charge in [-0.3, -0.25) is 0 Å². The number of aryl methyl sites for hydroxylation is 1. The average Bonchev–Trinajstić information content (AvgIpc) is 3.16. The minimum Gasteiger partial charge on any atom is -0.424 e. The molecule has 21 heavy (non-hydrogen) atoms. The Balaban J connectivity index is 1.70. The Morgan fingerprint density at radius 3 is 2.67 bits per heavy atom. The Kier molecular flexibility index (Phi) is 4.43. The van der Waals surface area contributed by atoms with E-state index in [2.05, 4.69) is 57.3 Å². The molecule has 3 aromatic rings. The zero-order valence-electron chi connectivity index (χ0n) is 11.8. The quantitative estimate of drug-likeness (QED) is 0.756. The highest BCUT2D eigenvalue weighted by Gasteiger charge is 2.14. The Hall–Kier alpha value is -1.98. The smallest absolute Gasteiger partial charge is 0.230 e. The van der Waals surface area contributed by atoms with Gasteiger partial charge in [-0.05, 0) is 23.4 Å². The lowest BCUT2D eigenvalue weighted by Crippen LogP contribution is -2.22. The molecule has 2 aromatic heterocycles. The lowest BCUT2D eigenvalue weighted by Gasteiger charge is -2.16. The summed E-state index contributed by atoms with van der Waals surface area (Å²) in [7, 11) is 0. The lowest BCUT2D eigenvalue weighted by molar-refractivity contribution is 0.423. The number of nitrogens with zero attached hydrogens (tertiary/aromatic N) is 2. The van der Waals surface area contributed by atoms with Crippen LogP contribution in [0.4, 0.5) is 0 Å².